The maximum Gasteiger partial charge on any atom is 0.153 e. The van der Waals surface area contributed by atoms with Gasteiger partial charge in [0.2, 0.25) is 0 Å². The van der Waals surface area contributed by atoms with E-state index in [2.05, 4.69) is 19.6 Å². The van der Waals surface area contributed by atoms with Crippen LogP contribution in [-0.4, -0.2) is 30.9 Å². The Kier molecular flexibility index (Phi) is 7.12. The van der Waals surface area contributed by atoms with Crippen molar-refractivity contribution < 1.29 is 19.8 Å². The minimum atomic E-state index is -1.52. The van der Waals surface area contributed by atoms with E-state index < -0.39 is 8.07 Å². The highest BCUT2D eigenvalue weighted by molar-refractivity contribution is 6.89. The molecule has 2 aromatic rings. The first-order chi connectivity index (χ1) is 11.6. The van der Waals surface area contributed by atoms with Crippen LogP contribution in [0.3, 0.4) is 0 Å². The molecule has 0 aliphatic heterocycles. The summed E-state index contributed by atoms with van der Waals surface area (Å²) >= 11 is 0. The predicted octanol–water partition coefficient (Wildman–Crippen LogP) is 4.08. The Labute approximate surface area is 150 Å². The summed E-state index contributed by atoms with van der Waals surface area (Å²) in [6.07, 6.45) is 1.39. The average Bonchev–Trinajstić information content (AvgIpc) is 2.54. The normalized spacial score (nSPS) is 10.8. The van der Waals surface area contributed by atoms with Gasteiger partial charge in [0.15, 0.2) is 12.6 Å². The van der Waals surface area contributed by atoms with Crippen LogP contribution < -0.4 is 5.19 Å². The van der Waals surface area contributed by atoms with E-state index in [0.29, 0.717) is 23.3 Å². The van der Waals surface area contributed by atoms with Crippen LogP contribution in [0.1, 0.15) is 46.0 Å². The molecular formula is C20H26O4Si. The largest absolute Gasteiger partial charge is 0.507 e. The monoisotopic (exact) mass is 358 g/mol. The van der Waals surface area contributed by atoms with Crippen molar-refractivity contribution in [2.24, 2.45) is 0 Å². The number of aldehydes is 2. The molecule has 0 radical (unpaired) electrons. The third-order valence-electron chi connectivity index (χ3n) is 3.86. The number of phenols is 2. The van der Waals surface area contributed by atoms with Crippen molar-refractivity contribution in [2.75, 3.05) is 0 Å². The highest BCUT2D eigenvalue weighted by Crippen LogP contribution is 2.22. The fraction of sp³-hybridized carbons (Fsp3) is 0.300. The fourth-order valence-electron chi connectivity index (χ4n) is 2.35. The Hall–Kier alpha value is -2.40. The van der Waals surface area contributed by atoms with E-state index >= 15 is 0 Å². The molecule has 2 aromatic carbocycles. The van der Waals surface area contributed by atoms with Gasteiger partial charge in [0.1, 0.15) is 11.5 Å². The molecule has 0 saturated heterocycles. The van der Waals surface area contributed by atoms with Crippen molar-refractivity contribution in [1.82, 2.24) is 0 Å². The molecule has 0 aromatic heterocycles. The molecular weight excluding hydrogens is 332 g/mol. The van der Waals surface area contributed by atoms with Crippen LogP contribution in [0.2, 0.25) is 19.6 Å². The molecule has 0 aliphatic carbocycles. The van der Waals surface area contributed by atoms with Crippen LogP contribution >= 0.6 is 0 Å². The summed E-state index contributed by atoms with van der Waals surface area (Å²) in [4.78, 5) is 21.1. The predicted molar refractivity (Wildman–Crippen MR) is 104 cm³/mol. The zero-order valence-corrected chi connectivity index (χ0v) is 16.4. The number of hydrogen-bond donors (Lipinski definition) is 2. The number of hydrogen-bond acceptors (Lipinski definition) is 4. The molecule has 25 heavy (non-hydrogen) atoms. The summed E-state index contributed by atoms with van der Waals surface area (Å²) in [6.45, 7) is 10.5. The van der Waals surface area contributed by atoms with Gasteiger partial charge in [-0.15, -0.1) is 0 Å². The van der Waals surface area contributed by atoms with E-state index in [4.69, 9.17) is 0 Å². The second-order valence-electron chi connectivity index (χ2n) is 7.20. The molecule has 0 aliphatic rings. The van der Waals surface area contributed by atoms with Crippen molar-refractivity contribution in [1.29, 1.82) is 0 Å². The zero-order chi connectivity index (χ0) is 19.2. The average molecular weight is 359 g/mol. The van der Waals surface area contributed by atoms with E-state index in [1.165, 1.54) is 0 Å². The highest BCUT2D eigenvalue weighted by Gasteiger charge is 2.21. The summed E-state index contributed by atoms with van der Waals surface area (Å²) in [5, 5.41) is 19.8. The topological polar surface area (TPSA) is 74.6 Å². The van der Waals surface area contributed by atoms with Crippen molar-refractivity contribution >= 4 is 25.8 Å². The van der Waals surface area contributed by atoms with Gasteiger partial charge in [-0.1, -0.05) is 51.7 Å². The van der Waals surface area contributed by atoms with Gasteiger partial charge in [-0.05, 0) is 34.9 Å². The molecule has 0 unspecified atom stereocenters. The van der Waals surface area contributed by atoms with Gasteiger partial charge >= 0.3 is 0 Å². The third kappa shape index (κ3) is 5.57. The van der Waals surface area contributed by atoms with Crippen molar-refractivity contribution in [3.63, 3.8) is 0 Å². The number of carbonyl (C=O) groups excluding carboxylic acids is 2. The summed E-state index contributed by atoms with van der Waals surface area (Å²) in [5.74, 6) is 0.530. The molecule has 0 saturated carbocycles. The summed E-state index contributed by atoms with van der Waals surface area (Å²) in [5.41, 5.74) is 1.85. The van der Waals surface area contributed by atoms with Crippen LogP contribution in [-0.2, 0) is 0 Å². The Bertz CT molecular complexity index is 746. The Balaban J connectivity index is 0.000000251. The van der Waals surface area contributed by atoms with Gasteiger partial charge < -0.3 is 10.2 Å². The van der Waals surface area contributed by atoms with Gasteiger partial charge in [0.05, 0.1) is 19.2 Å². The Morgan fingerprint density at radius 2 is 1.56 bits per heavy atom. The molecule has 0 atom stereocenters. The number of rotatable bonds is 4. The lowest BCUT2D eigenvalue weighted by molar-refractivity contribution is 0.111. The molecule has 0 fully saturated rings. The maximum absolute atomic E-state index is 10.8. The lowest BCUT2D eigenvalue weighted by Gasteiger charge is -2.18. The molecule has 0 bridgehead atoms. The molecule has 2 rings (SSSR count). The number of phenolic OH excluding ortho intramolecular Hbond substituents is 2. The van der Waals surface area contributed by atoms with E-state index in [-0.39, 0.29) is 11.5 Å². The SMILES string of the molecule is CC(C)c1ccc(C=O)c(O)c1.C[Si](C)(C)c1cccc(O)c1C=O. The van der Waals surface area contributed by atoms with E-state index in [9.17, 15) is 19.8 Å². The van der Waals surface area contributed by atoms with Gasteiger partial charge in [-0.2, -0.15) is 0 Å². The first-order valence-corrected chi connectivity index (χ1v) is 11.7. The van der Waals surface area contributed by atoms with Crippen LogP contribution in [0.5, 0.6) is 11.5 Å². The smallest absolute Gasteiger partial charge is 0.153 e. The van der Waals surface area contributed by atoms with Gasteiger partial charge in [0.25, 0.3) is 0 Å². The zero-order valence-electron chi connectivity index (χ0n) is 15.4. The van der Waals surface area contributed by atoms with Crippen molar-refractivity contribution in [3.8, 4) is 11.5 Å². The second-order valence-corrected chi connectivity index (χ2v) is 12.2. The van der Waals surface area contributed by atoms with E-state index in [0.717, 1.165) is 17.0 Å². The lowest BCUT2D eigenvalue weighted by Crippen LogP contribution is -2.40. The van der Waals surface area contributed by atoms with Crippen LogP contribution in [0.4, 0.5) is 0 Å². The molecule has 0 amide bonds. The Morgan fingerprint density at radius 1 is 0.920 bits per heavy atom. The number of aromatic hydroxyl groups is 2. The van der Waals surface area contributed by atoms with Gasteiger partial charge in [-0.25, -0.2) is 0 Å². The molecule has 5 heteroatoms. The lowest BCUT2D eigenvalue weighted by atomic mass is 10.0. The molecule has 0 spiro atoms. The second kappa shape index (κ2) is 8.62. The van der Waals surface area contributed by atoms with Crippen molar-refractivity contribution in [3.05, 3.63) is 53.1 Å². The summed E-state index contributed by atoms with van der Waals surface area (Å²) in [7, 11) is -1.52. The number of carbonyl (C=O) groups is 2. The third-order valence-corrected chi connectivity index (χ3v) is 5.91. The quantitative estimate of drug-likeness (QED) is 0.638. The summed E-state index contributed by atoms with van der Waals surface area (Å²) < 4.78 is 0. The molecule has 0 heterocycles. The van der Waals surface area contributed by atoms with Crippen molar-refractivity contribution in [2.45, 2.75) is 39.4 Å². The van der Waals surface area contributed by atoms with E-state index in [1.807, 2.05) is 26.0 Å². The standard InChI is InChI=1S/C10H14O2Si.C10H12O2/c1-13(2,3)10-6-4-5-9(12)8(10)7-11;1-7(2)8-3-4-9(6-11)10(12)5-8/h4-7,12H,1-3H3;3-7,12H,1-2H3. The van der Waals surface area contributed by atoms with Crippen LogP contribution in [0, 0.1) is 0 Å². The van der Waals surface area contributed by atoms with Gasteiger partial charge in [-0.3, -0.25) is 9.59 Å². The van der Waals surface area contributed by atoms with E-state index in [1.54, 1.807) is 24.3 Å². The molecule has 4 nitrogen and oxygen atoms in total. The summed E-state index contributed by atoms with van der Waals surface area (Å²) in [6, 6.07) is 10.4. The van der Waals surface area contributed by atoms with Crippen LogP contribution in [0.25, 0.3) is 0 Å². The minimum absolute atomic E-state index is 0.0659. The fourth-order valence-corrected chi connectivity index (χ4v) is 3.94. The first-order valence-electron chi connectivity index (χ1n) is 8.17. The molecule has 2 N–H and O–H groups in total. The highest BCUT2D eigenvalue weighted by atomic mass is 28.3. The van der Waals surface area contributed by atoms with Gasteiger partial charge in [0, 0.05) is 0 Å². The number of benzene rings is 2. The first kappa shape index (κ1) is 20.6. The molecule has 134 valence electrons. The maximum atomic E-state index is 10.8. The van der Waals surface area contributed by atoms with Crippen LogP contribution in [0.15, 0.2) is 36.4 Å². The minimum Gasteiger partial charge on any atom is -0.507 e. The Morgan fingerprint density at radius 3 is 1.96 bits per heavy atom.